The Morgan fingerprint density at radius 1 is 1.04 bits per heavy atom. The number of halogens is 1. The van der Waals surface area contributed by atoms with Gasteiger partial charge in [0.2, 0.25) is 10.0 Å². The SMILES string of the molecule is Cc1cc(C)nc(OC2CCC(NS(=O)(=O)c3ccc(F)cc3C)CC2)n1. The van der Waals surface area contributed by atoms with E-state index >= 15 is 0 Å². The average Bonchev–Trinajstić information content (AvgIpc) is 2.55. The van der Waals surface area contributed by atoms with Gasteiger partial charge in [-0.05, 0) is 76.3 Å². The van der Waals surface area contributed by atoms with Crippen LogP contribution in [-0.4, -0.2) is 30.5 Å². The zero-order valence-electron chi connectivity index (χ0n) is 15.7. The van der Waals surface area contributed by atoms with Crippen LogP contribution < -0.4 is 9.46 Å². The van der Waals surface area contributed by atoms with Crippen molar-refractivity contribution in [3.63, 3.8) is 0 Å². The highest BCUT2D eigenvalue weighted by Gasteiger charge is 2.28. The minimum absolute atomic E-state index is 0.0282. The maximum absolute atomic E-state index is 13.2. The fraction of sp³-hybridized carbons (Fsp3) is 0.474. The molecule has 27 heavy (non-hydrogen) atoms. The molecule has 1 fully saturated rings. The Hall–Kier alpha value is -2.06. The molecular weight excluding hydrogens is 369 g/mol. The molecule has 1 aromatic carbocycles. The first-order valence-electron chi connectivity index (χ1n) is 9.00. The summed E-state index contributed by atoms with van der Waals surface area (Å²) in [6.07, 6.45) is 2.72. The van der Waals surface area contributed by atoms with Gasteiger partial charge in [-0.25, -0.2) is 27.5 Å². The van der Waals surface area contributed by atoms with Crippen molar-refractivity contribution < 1.29 is 17.5 Å². The number of sulfonamides is 1. The third-order valence-electron chi connectivity index (χ3n) is 4.66. The zero-order valence-corrected chi connectivity index (χ0v) is 16.5. The average molecular weight is 393 g/mol. The lowest BCUT2D eigenvalue weighted by Crippen LogP contribution is -2.40. The van der Waals surface area contributed by atoms with Crippen LogP contribution >= 0.6 is 0 Å². The van der Waals surface area contributed by atoms with Crippen LogP contribution in [0.5, 0.6) is 6.01 Å². The second kappa shape index (κ2) is 7.90. The molecule has 1 N–H and O–H groups in total. The molecule has 1 saturated carbocycles. The van der Waals surface area contributed by atoms with Gasteiger partial charge in [-0.2, -0.15) is 0 Å². The maximum atomic E-state index is 13.2. The molecule has 8 heteroatoms. The molecule has 0 bridgehead atoms. The van der Waals surface area contributed by atoms with Crippen LogP contribution in [0.25, 0.3) is 0 Å². The van der Waals surface area contributed by atoms with E-state index in [2.05, 4.69) is 14.7 Å². The van der Waals surface area contributed by atoms with Crippen LogP contribution in [0.15, 0.2) is 29.2 Å². The Kier molecular flexibility index (Phi) is 5.76. The van der Waals surface area contributed by atoms with Crippen molar-refractivity contribution in [1.29, 1.82) is 0 Å². The number of rotatable bonds is 5. The summed E-state index contributed by atoms with van der Waals surface area (Å²) in [6.45, 7) is 5.38. The van der Waals surface area contributed by atoms with Crippen LogP contribution in [0.2, 0.25) is 0 Å². The highest BCUT2D eigenvalue weighted by atomic mass is 32.2. The summed E-state index contributed by atoms with van der Waals surface area (Å²) in [7, 11) is -3.68. The molecule has 0 aliphatic heterocycles. The van der Waals surface area contributed by atoms with Gasteiger partial charge in [0.1, 0.15) is 11.9 Å². The standard InChI is InChI=1S/C19H24FN3O3S/c1-12-10-15(20)4-9-18(12)27(24,25)23-16-5-7-17(8-6-16)26-19-21-13(2)11-14(3)22-19/h4,9-11,16-17,23H,5-8H2,1-3H3. The number of aromatic nitrogens is 2. The number of ether oxygens (including phenoxy) is 1. The van der Waals surface area contributed by atoms with E-state index in [1.54, 1.807) is 6.92 Å². The molecule has 0 unspecified atom stereocenters. The Morgan fingerprint density at radius 3 is 2.26 bits per heavy atom. The van der Waals surface area contributed by atoms with Crippen LogP contribution in [0.3, 0.4) is 0 Å². The van der Waals surface area contributed by atoms with Crippen LogP contribution in [-0.2, 0) is 10.0 Å². The van der Waals surface area contributed by atoms with Crippen molar-refractivity contribution in [1.82, 2.24) is 14.7 Å². The van der Waals surface area contributed by atoms with Gasteiger partial charge < -0.3 is 4.74 Å². The summed E-state index contributed by atoms with van der Waals surface area (Å²) in [6, 6.07) is 5.78. The number of benzene rings is 1. The fourth-order valence-corrected chi connectivity index (χ4v) is 4.92. The summed E-state index contributed by atoms with van der Waals surface area (Å²) in [5.41, 5.74) is 2.11. The van der Waals surface area contributed by atoms with Crippen molar-refractivity contribution in [3.8, 4) is 6.01 Å². The second-order valence-corrected chi connectivity index (χ2v) is 8.74. The number of hydrogen-bond acceptors (Lipinski definition) is 5. The molecule has 0 atom stereocenters. The predicted octanol–water partition coefficient (Wildman–Crippen LogP) is 3.21. The number of nitrogens with zero attached hydrogens (tertiary/aromatic N) is 2. The van der Waals surface area contributed by atoms with Crippen molar-refractivity contribution in [3.05, 3.63) is 47.0 Å². The van der Waals surface area contributed by atoms with E-state index in [-0.39, 0.29) is 17.0 Å². The lowest BCUT2D eigenvalue weighted by molar-refractivity contribution is 0.131. The lowest BCUT2D eigenvalue weighted by atomic mass is 9.94. The first-order valence-corrected chi connectivity index (χ1v) is 10.5. The van der Waals surface area contributed by atoms with E-state index in [4.69, 9.17) is 4.74 Å². The van der Waals surface area contributed by atoms with E-state index in [0.717, 1.165) is 17.5 Å². The van der Waals surface area contributed by atoms with Crippen molar-refractivity contribution in [2.75, 3.05) is 0 Å². The van der Waals surface area contributed by atoms with Gasteiger partial charge in [-0.1, -0.05) is 0 Å². The van der Waals surface area contributed by atoms with Gasteiger partial charge in [0.15, 0.2) is 0 Å². The molecule has 0 saturated heterocycles. The summed E-state index contributed by atoms with van der Waals surface area (Å²) < 4.78 is 47.0. The number of hydrogen-bond donors (Lipinski definition) is 1. The summed E-state index contributed by atoms with van der Waals surface area (Å²) >= 11 is 0. The normalized spacial score (nSPS) is 20.4. The van der Waals surface area contributed by atoms with E-state index < -0.39 is 15.8 Å². The van der Waals surface area contributed by atoms with Gasteiger partial charge in [0.25, 0.3) is 0 Å². The minimum Gasteiger partial charge on any atom is -0.460 e. The van der Waals surface area contributed by atoms with Crippen molar-refractivity contribution in [2.45, 2.75) is 63.5 Å². The Balaban J connectivity index is 1.59. The summed E-state index contributed by atoms with van der Waals surface area (Å²) in [4.78, 5) is 8.69. The molecule has 1 aliphatic rings. The molecule has 6 nitrogen and oxygen atoms in total. The minimum atomic E-state index is -3.68. The van der Waals surface area contributed by atoms with Gasteiger partial charge in [-0.15, -0.1) is 0 Å². The monoisotopic (exact) mass is 393 g/mol. The lowest BCUT2D eigenvalue weighted by Gasteiger charge is -2.29. The largest absolute Gasteiger partial charge is 0.460 e. The maximum Gasteiger partial charge on any atom is 0.317 e. The number of aryl methyl sites for hydroxylation is 3. The topological polar surface area (TPSA) is 81.2 Å². The molecule has 3 rings (SSSR count). The number of nitrogens with one attached hydrogen (secondary N) is 1. The van der Waals surface area contributed by atoms with Crippen molar-refractivity contribution >= 4 is 10.0 Å². The molecular formula is C19H24FN3O3S. The molecule has 1 aliphatic carbocycles. The molecule has 0 radical (unpaired) electrons. The van der Waals surface area contributed by atoms with Gasteiger partial charge in [0.05, 0.1) is 4.90 Å². The summed E-state index contributed by atoms with van der Waals surface area (Å²) in [5.74, 6) is -0.447. The molecule has 0 spiro atoms. The van der Waals surface area contributed by atoms with Crippen LogP contribution in [0.1, 0.15) is 42.6 Å². The van der Waals surface area contributed by atoms with Gasteiger partial charge in [-0.3, -0.25) is 0 Å². The highest BCUT2D eigenvalue weighted by Crippen LogP contribution is 2.25. The van der Waals surface area contributed by atoms with E-state index in [1.807, 2.05) is 19.9 Å². The Bertz CT molecular complexity index is 906. The molecule has 146 valence electrons. The smallest absolute Gasteiger partial charge is 0.317 e. The van der Waals surface area contributed by atoms with Gasteiger partial charge in [0, 0.05) is 17.4 Å². The first-order chi connectivity index (χ1) is 12.7. The molecule has 1 aromatic heterocycles. The van der Waals surface area contributed by atoms with Crippen molar-refractivity contribution in [2.24, 2.45) is 0 Å². The van der Waals surface area contributed by atoms with E-state index in [9.17, 15) is 12.8 Å². The van der Waals surface area contributed by atoms with Crippen LogP contribution in [0, 0.1) is 26.6 Å². The predicted molar refractivity (Wildman–Crippen MR) is 99.6 cm³/mol. The molecule has 1 heterocycles. The Labute approximate surface area is 159 Å². The molecule has 0 amide bonds. The Morgan fingerprint density at radius 2 is 1.67 bits per heavy atom. The van der Waals surface area contributed by atoms with Crippen LogP contribution in [0.4, 0.5) is 4.39 Å². The summed E-state index contributed by atoms with van der Waals surface area (Å²) in [5, 5.41) is 0. The molecule has 2 aromatic rings. The first kappa shape index (κ1) is 19.7. The third-order valence-corrected chi connectivity index (χ3v) is 6.34. The van der Waals surface area contributed by atoms with E-state index in [0.29, 0.717) is 37.3 Å². The quantitative estimate of drug-likeness (QED) is 0.844. The second-order valence-electron chi connectivity index (χ2n) is 7.06. The highest BCUT2D eigenvalue weighted by molar-refractivity contribution is 7.89. The van der Waals surface area contributed by atoms with Gasteiger partial charge >= 0.3 is 6.01 Å². The zero-order chi connectivity index (χ0) is 19.6. The third kappa shape index (κ3) is 5.01. The van der Waals surface area contributed by atoms with E-state index in [1.165, 1.54) is 12.1 Å². The fourth-order valence-electron chi connectivity index (χ4n) is 3.39.